The lowest BCUT2D eigenvalue weighted by Crippen LogP contribution is -2.70. The number of nitrogens with zero attached hydrogens (tertiary/aromatic N) is 1. The van der Waals surface area contributed by atoms with Gasteiger partial charge in [-0.3, -0.25) is 4.79 Å². The van der Waals surface area contributed by atoms with Crippen molar-refractivity contribution < 1.29 is 33.1 Å². The Balaban J connectivity index is 2.10. The number of hydrogen-bond donors (Lipinski definition) is 3. The zero-order valence-corrected chi connectivity index (χ0v) is 10.1. The summed E-state index contributed by atoms with van der Waals surface area (Å²) in [6.45, 7) is -1.66. The number of alkyl halides is 3. The summed E-state index contributed by atoms with van der Waals surface area (Å²) in [5, 5.41) is 27.2. The molecule has 1 heterocycles. The van der Waals surface area contributed by atoms with Crippen LogP contribution < -0.4 is 5.46 Å². The van der Waals surface area contributed by atoms with Gasteiger partial charge in [0.2, 0.25) is 0 Å². The molecule has 0 atom stereocenters. The Morgan fingerprint density at radius 1 is 1.30 bits per heavy atom. The van der Waals surface area contributed by atoms with Gasteiger partial charge in [0.25, 0.3) is 5.91 Å². The Kier molecular flexibility index (Phi) is 3.53. The molecule has 0 aliphatic carbocycles. The third kappa shape index (κ3) is 2.51. The van der Waals surface area contributed by atoms with Gasteiger partial charge in [-0.05, 0) is 17.6 Å². The Morgan fingerprint density at radius 3 is 2.40 bits per heavy atom. The highest BCUT2D eigenvalue weighted by molar-refractivity contribution is 6.58. The van der Waals surface area contributed by atoms with Gasteiger partial charge < -0.3 is 20.1 Å². The summed E-state index contributed by atoms with van der Waals surface area (Å²) in [5.41, 5.74) is -2.78. The number of halogens is 3. The van der Waals surface area contributed by atoms with E-state index in [1.165, 1.54) is 24.3 Å². The molecule has 1 aliphatic rings. The molecule has 1 amide bonds. The van der Waals surface area contributed by atoms with Crippen LogP contribution in [-0.4, -0.2) is 57.9 Å². The van der Waals surface area contributed by atoms with Gasteiger partial charge in [0.05, 0.1) is 13.1 Å². The summed E-state index contributed by atoms with van der Waals surface area (Å²) >= 11 is 0. The van der Waals surface area contributed by atoms with Gasteiger partial charge in [-0.15, -0.1) is 0 Å². The van der Waals surface area contributed by atoms with Crippen LogP contribution in [0.15, 0.2) is 24.3 Å². The SMILES string of the molecule is O=C(c1cccc(B(O)O)c1)N1CC(O)(C(F)(F)F)C1. The minimum atomic E-state index is -4.78. The maximum atomic E-state index is 12.4. The third-order valence-corrected chi connectivity index (χ3v) is 3.15. The van der Waals surface area contributed by atoms with Gasteiger partial charge in [-0.1, -0.05) is 12.1 Å². The van der Waals surface area contributed by atoms with Gasteiger partial charge >= 0.3 is 13.3 Å². The summed E-state index contributed by atoms with van der Waals surface area (Å²) in [5.74, 6) is -0.707. The van der Waals surface area contributed by atoms with E-state index < -0.39 is 37.9 Å². The number of aliphatic hydroxyl groups is 1. The Bertz CT molecular complexity index is 529. The minimum Gasteiger partial charge on any atom is -0.423 e. The molecule has 0 aromatic heterocycles. The van der Waals surface area contributed by atoms with E-state index in [1.54, 1.807) is 0 Å². The highest BCUT2D eigenvalue weighted by Gasteiger charge is 2.62. The van der Waals surface area contributed by atoms with E-state index in [9.17, 15) is 23.1 Å². The van der Waals surface area contributed by atoms with E-state index in [1.807, 2.05) is 0 Å². The molecule has 9 heteroatoms. The molecule has 20 heavy (non-hydrogen) atoms. The third-order valence-electron chi connectivity index (χ3n) is 3.15. The quantitative estimate of drug-likeness (QED) is 0.617. The van der Waals surface area contributed by atoms with Crippen LogP contribution in [0.1, 0.15) is 10.4 Å². The van der Waals surface area contributed by atoms with Crippen molar-refractivity contribution in [1.29, 1.82) is 0 Å². The summed E-state index contributed by atoms with van der Waals surface area (Å²) in [4.78, 5) is 12.7. The van der Waals surface area contributed by atoms with Crippen molar-refractivity contribution in [2.45, 2.75) is 11.8 Å². The summed E-state index contributed by atoms with van der Waals surface area (Å²) in [7, 11) is -1.77. The number of hydrogen-bond acceptors (Lipinski definition) is 4. The van der Waals surface area contributed by atoms with Crippen molar-refractivity contribution >= 4 is 18.5 Å². The predicted octanol–water partition coefficient (Wildman–Crippen LogP) is -0.884. The molecular weight excluding hydrogens is 278 g/mol. The van der Waals surface area contributed by atoms with Crippen LogP contribution in [0.3, 0.4) is 0 Å². The lowest BCUT2D eigenvalue weighted by Gasteiger charge is -2.46. The van der Waals surface area contributed by atoms with Crippen molar-refractivity contribution in [2.75, 3.05) is 13.1 Å². The van der Waals surface area contributed by atoms with Crippen LogP contribution in [0.5, 0.6) is 0 Å². The first-order chi connectivity index (χ1) is 9.14. The van der Waals surface area contributed by atoms with Crippen LogP contribution in [-0.2, 0) is 0 Å². The maximum absolute atomic E-state index is 12.4. The highest BCUT2D eigenvalue weighted by Crippen LogP contribution is 2.38. The topological polar surface area (TPSA) is 81.0 Å². The van der Waals surface area contributed by atoms with Crippen LogP contribution in [0, 0.1) is 0 Å². The van der Waals surface area contributed by atoms with Gasteiger partial charge in [0.15, 0.2) is 5.60 Å². The molecule has 0 bridgehead atoms. The standard InChI is InChI=1S/C11H11BF3NO4/c13-11(14,15)10(18)5-16(6-10)9(17)7-2-1-3-8(4-7)12(19)20/h1-4,18-20H,5-6H2. The zero-order valence-electron chi connectivity index (χ0n) is 10.1. The number of benzene rings is 1. The Morgan fingerprint density at radius 2 is 1.90 bits per heavy atom. The fourth-order valence-electron chi connectivity index (χ4n) is 1.92. The molecular formula is C11H11BF3NO4. The van der Waals surface area contributed by atoms with Crippen molar-refractivity contribution in [3.8, 4) is 0 Å². The van der Waals surface area contributed by atoms with E-state index in [-0.39, 0.29) is 11.0 Å². The largest absolute Gasteiger partial charge is 0.488 e. The van der Waals surface area contributed by atoms with E-state index in [2.05, 4.69) is 0 Å². The number of rotatable bonds is 2. The molecule has 5 nitrogen and oxygen atoms in total. The monoisotopic (exact) mass is 289 g/mol. The van der Waals surface area contributed by atoms with E-state index in [0.29, 0.717) is 0 Å². The first-order valence-electron chi connectivity index (χ1n) is 5.68. The Hall–Kier alpha value is -1.58. The highest BCUT2D eigenvalue weighted by atomic mass is 19.4. The first-order valence-corrected chi connectivity index (χ1v) is 5.68. The van der Waals surface area contributed by atoms with E-state index >= 15 is 0 Å². The predicted molar refractivity (Wildman–Crippen MR) is 63.2 cm³/mol. The molecule has 0 saturated carbocycles. The fraction of sp³-hybridized carbons (Fsp3) is 0.364. The second-order valence-electron chi connectivity index (χ2n) is 4.69. The number of carbonyl (C=O) groups excluding carboxylic acids is 1. The lowest BCUT2D eigenvalue weighted by atomic mass is 9.79. The molecule has 108 valence electrons. The molecule has 0 spiro atoms. The molecule has 1 aliphatic heterocycles. The van der Waals surface area contributed by atoms with Crippen LogP contribution in [0.25, 0.3) is 0 Å². The summed E-state index contributed by atoms with van der Waals surface area (Å²) in [6.07, 6.45) is -4.78. The smallest absolute Gasteiger partial charge is 0.423 e. The lowest BCUT2D eigenvalue weighted by molar-refractivity contribution is -0.294. The molecule has 2 rings (SSSR count). The van der Waals surface area contributed by atoms with Crippen LogP contribution >= 0.6 is 0 Å². The van der Waals surface area contributed by atoms with Crippen molar-refractivity contribution in [2.24, 2.45) is 0 Å². The average molecular weight is 289 g/mol. The van der Waals surface area contributed by atoms with Gasteiger partial charge in [-0.2, -0.15) is 13.2 Å². The van der Waals surface area contributed by atoms with Crippen molar-refractivity contribution in [3.05, 3.63) is 29.8 Å². The number of amides is 1. The molecule has 1 aromatic carbocycles. The maximum Gasteiger partial charge on any atom is 0.488 e. The molecule has 0 radical (unpaired) electrons. The van der Waals surface area contributed by atoms with Gasteiger partial charge in [-0.25, -0.2) is 0 Å². The normalized spacial score (nSPS) is 17.6. The number of β-amino-alcohol motifs (C(OH)–C–C–N with tert-alkyl or cyclic N) is 1. The van der Waals surface area contributed by atoms with E-state index in [4.69, 9.17) is 10.0 Å². The summed E-state index contributed by atoms with van der Waals surface area (Å²) < 4.78 is 37.3. The van der Waals surface area contributed by atoms with Crippen molar-refractivity contribution in [1.82, 2.24) is 4.90 Å². The van der Waals surface area contributed by atoms with E-state index in [0.717, 1.165) is 4.90 Å². The van der Waals surface area contributed by atoms with Crippen molar-refractivity contribution in [3.63, 3.8) is 0 Å². The summed E-state index contributed by atoms with van der Waals surface area (Å²) in [6, 6.07) is 5.28. The average Bonchev–Trinajstić information content (AvgIpc) is 2.32. The molecule has 1 aromatic rings. The molecule has 1 saturated heterocycles. The van der Waals surface area contributed by atoms with Gasteiger partial charge in [0, 0.05) is 5.56 Å². The first kappa shape index (κ1) is 14.8. The Labute approximate surface area is 112 Å². The fourth-order valence-corrected chi connectivity index (χ4v) is 1.92. The second-order valence-corrected chi connectivity index (χ2v) is 4.69. The number of likely N-dealkylation sites (tertiary alicyclic amines) is 1. The number of carbonyl (C=O) groups is 1. The second kappa shape index (κ2) is 4.76. The molecule has 0 unspecified atom stereocenters. The van der Waals surface area contributed by atoms with Crippen LogP contribution in [0.2, 0.25) is 0 Å². The molecule has 3 N–H and O–H groups in total. The zero-order chi connectivity index (χ0) is 15.1. The van der Waals surface area contributed by atoms with Crippen LogP contribution in [0.4, 0.5) is 13.2 Å². The van der Waals surface area contributed by atoms with Gasteiger partial charge in [0.1, 0.15) is 0 Å². The minimum absolute atomic E-state index is 0.0276. The molecule has 1 fully saturated rings.